The predicted molar refractivity (Wildman–Crippen MR) is 113 cm³/mol. The molecule has 31 heavy (non-hydrogen) atoms. The molecule has 2 aromatic carbocycles. The van der Waals surface area contributed by atoms with Crippen LogP contribution in [0.25, 0.3) is 11.0 Å². The van der Waals surface area contributed by atoms with E-state index in [1.54, 1.807) is 48.7 Å². The molecule has 8 nitrogen and oxygen atoms in total. The van der Waals surface area contributed by atoms with Crippen molar-refractivity contribution in [3.63, 3.8) is 0 Å². The Morgan fingerprint density at radius 1 is 1.03 bits per heavy atom. The molecule has 0 saturated carbocycles. The first kappa shape index (κ1) is 18.7. The van der Waals surface area contributed by atoms with Crippen molar-refractivity contribution >= 4 is 28.4 Å². The summed E-state index contributed by atoms with van der Waals surface area (Å²) < 4.78 is 5.88. The fourth-order valence-electron chi connectivity index (χ4n) is 3.96. The first-order chi connectivity index (χ1) is 15.0. The maximum absolute atomic E-state index is 13.4. The van der Waals surface area contributed by atoms with Gasteiger partial charge in [-0.15, -0.1) is 0 Å². The highest BCUT2D eigenvalue weighted by atomic mass is 16.6. The Morgan fingerprint density at radius 2 is 1.77 bits per heavy atom. The van der Waals surface area contributed by atoms with Gasteiger partial charge in [0.2, 0.25) is 5.76 Å². The van der Waals surface area contributed by atoms with E-state index in [0.29, 0.717) is 22.4 Å². The van der Waals surface area contributed by atoms with E-state index in [1.807, 2.05) is 13.0 Å². The molecule has 0 saturated heterocycles. The number of hydrogen-bond acceptors (Lipinski definition) is 6. The maximum atomic E-state index is 13.4. The third-order valence-corrected chi connectivity index (χ3v) is 5.41. The number of non-ortho nitro benzene ring substituents is 1. The van der Waals surface area contributed by atoms with E-state index in [1.165, 1.54) is 17.0 Å². The average molecular weight is 413 g/mol. The van der Waals surface area contributed by atoms with Gasteiger partial charge in [0.05, 0.1) is 21.9 Å². The van der Waals surface area contributed by atoms with Gasteiger partial charge in [-0.2, -0.15) is 0 Å². The number of para-hydroxylation sites is 1. The molecule has 0 fully saturated rings. The van der Waals surface area contributed by atoms with Crippen molar-refractivity contribution in [3.05, 3.63) is 110 Å². The van der Waals surface area contributed by atoms with Crippen molar-refractivity contribution < 1.29 is 14.1 Å². The zero-order valence-corrected chi connectivity index (χ0v) is 16.3. The first-order valence-electron chi connectivity index (χ1n) is 9.52. The van der Waals surface area contributed by atoms with Crippen LogP contribution in [0.2, 0.25) is 0 Å². The monoisotopic (exact) mass is 413 g/mol. The van der Waals surface area contributed by atoms with Crippen LogP contribution in [0.3, 0.4) is 0 Å². The third kappa shape index (κ3) is 2.80. The van der Waals surface area contributed by atoms with Crippen LogP contribution in [-0.2, 0) is 0 Å². The van der Waals surface area contributed by atoms with Crippen molar-refractivity contribution in [1.29, 1.82) is 0 Å². The van der Waals surface area contributed by atoms with Crippen LogP contribution in [0.5, 0.6) is 0 Å². The van der Waals surface area contributed by atoms with Crippen LogP contribution in [0.1, 0.15) is 33.3 Å². The van der Waals surface area contributed by atoms with E-state index in [-0.39, 0.29) is 22.4 Å². The molecule has 0 bridgehead atoms. The van der Waals surface area contributed by atoms with Crippen molar-refractivity contribution in [2.75, 3.05) is 4.90 Å². The van der Waals surface area contributed by atoms with Crippen LogP contribution in [-0.4, -0.2) is 15.8 Å². The van der Waals surface area contributed by atoms with E-state index >= 15 is 0 Å². The Balaban J connectivity index is 1.80. The van der Waals surface area contributed by atoms with E-state index in [2.05, 4.69) is 4.98 Å². The number of aryl methyl sites for hydroxylation is 1. The molecule has 152 valence electrons. The minimum absolute atomic E-state index is 0.0443. The van der Waals surface area contributed by atoms with Gasteiger partial charge in [-0.1, -0.05) is 18.2 Å². The Labute approximate surface area is 175 Å². The Kier molecular flexibility index (Phi) is 4.14. The SMILES string of the molecule is Cc1cccnc1N1C(=O)c2oc3ccccc3c(=O)c2C1c1ccc([N+](=O)[O-])cc1. The van der Waals surface area contributed by atoms with E-state index in [0.717, 1.165) is 5.56 Å². The number of aromatic nitrogens is 1. The fourth-order valence-corrected chi connectivity index (χ4v) is 3.96. The van der Waals surface area contributed by atoms with Gasteiger partial charge in [0.25, 0.3) is 11.6 Å². The summed E-state index contributed by atoms with van der Waals surface area (Å²) in [6.45, 7) is 1.82. The van der Waals surface area contributed by atoms with Crippen LogP contribution >= 0.6 is 0 Å². The number of nitro groups is 1. The third-order valence-electron chi connectivity index (χ3n) is 5.41. The largest absolute Gasteiger partial charge is 0.450 e. The zero-order chi connectivity index (χ0) is 21.7. The summed E-state index contributed by atoms with van der Waals surface area (Å²) in [5, 5.41) is 11.4. The summed E-state index contributed by atoms with van der Waals surface area (Å²) >= 11 is 0. The van der Waals surface area contributed by atoms with Crippen LogP contribution in [0.4, 0.5) is 11.5 Å². The lowest BCUT2D eigenvalue weighted by Crippen LogP contribution is -2.30. The summed E-state index contributed by atoms with van der Waals surface area (Å²) in [5.41, 5.74) is 1.41. The standard InChI is InChI=1S/C23H15N3O5/c1-13-5-4-12-24-22(13)25-19(14-8-10-15(11-9-14)26(29)30)18-20(27)16-6-2-3-7-17(16)31-21(18)23(25)28/h2-12,19H,1H3. The lowest BCUT2D eigenvalue weighted by Gasteiger charge is -2.25. The highest BCUT2D eigenvalue weighted by molar-refractivity contribution is 6.10. The van der Waals surface area contributed by atoms with Crippen LogP contribution in [0, 0.1) is 17.0 Å². The number of amides is 1. The number of fused-ring (bicyclic) bond motifs is 2. The van der Waals surface area contributed by atoms with Gasteiger partial charge in [0.15, 0.2) is 5.43 Å². The number of carbonyl (C=O) groups excluding carboxylic acids is 1. The number of nitro benzene ring substituents is 1. The molecule has 4 aromatic rings. The van der Waals surface area contributed by atoms with Gasteiger partial charge < -0.3 is 4.42 Å². The summed E-state index contributed by atoms with van der Waals surface area (Å²) in [6.07, 6.45) is 1.57. The first-order valence-corrected chi connectivity index (χ1v) is 9.52. The van der Waals surface area contributed by atoms with Gasteiger partial charge in [-0.3, -0.25) is 24.6 Å². The number of pyridine rings is 1. The fraction of sp³-hybridized carbons (Fsp3) is 0.0870. The summed E-state index contributed by atoms with van der Waals surface area (Å²) in [4.78, 5) is 43.2. The van der Waals surface area contributed by atoms with E-state index in [4.69, 9.17) is 4.42 Å². The van der Waals surface area contributed by atoms with Crippen molar-refractivity contribution in [3.8, 4) is 0 Å². The molecular formula is C23H15N3O5. The highest BCUT2D eigenvalue weighted by Crippen LogP contribution is 2.41. The van der Waals surface area contributed by atoms with Gasteiger partial charge >= 0.3 is 0 Å². The second-order valence-electron chi connectivity index (χ2n) is 7.24. The Hall–Kier alpha value is -4.33. The number of benzene rings is 2. The predicted octanol–water partition coefficient (Wildman–Crippen LogP) is 4.15. The molecule has 1 atom stereocenters. The second-order valence-corrected chi connectivity index (χ2v) is 7.24. The van der Waals surface area contributed by atoms with E-state index < -0.39 is 16.9 Å². The maximum Gasteiger partial charge on any atom is 0.296 e. The molecule has 0 spiro atoms. The molecule has 2 aromatic heterocycles. The number of hydrogen-bond donors (Lipinski definition) is 0. The number of anilines is 1. The number of rotatable bonds is 3. The van der Waals surface area contributed by atoms with E-state index in [9.17, 15) is 19.7 Å². The normalized spacial score (nSPS) is 15.3. The minimum Gasteiger partial charge on any atom is -0.450 e. The van der Waals surface area contributed by atoms with Crippen molar-refractivity contribution in [2.24, 2.45) is 0 Å². The van der Waals surface area contributed by atoms with Crippen LogP contribution in [0.15, 0.2) is 76.1 Å². The Bertz CT molecular complexity index is 1430. The highest BCUT2D eigenvalue weighted by Gasteiger charge is 2.44. The molecule has 3 heterocycles. The number of nitrogens with zero attached hydrogens (tertiary/aromatic N) is 3. The summed E-state index contributed by atoms with van der Waals surface area (Å²) in [6, 6.07) is 15.3. The molecule has 1 aliphatic heterocycles. The molecule has 5 rings (SSSR count). The van der Waals surface area contributed by atoms with Crippen LogP contribution < -0.4 is 10.3 Å². The molecule has 0 N–H and O–H groups in total. The molecule has 1 unspecified atom stereocenters. The lowest BCUT2D eigenvalue weighted by molar-refractivity contribution is -0.384. The quantitative estimate of drug-likeness (QED) is 0.369. The minimum atomic E-state index is -0.822. The molecule has 0 aliphatic carbocycles. The molecular weight excluding hydrogens is 398 g/mol. The Morgan fingerprint density at radius 3 is 2.48 bits per heavy atom. The molecule has 8 heteroatoms. The summed E-state index contributed by atoms with van der Waals surface area (Å²) in [5.74, 6) is -0.133. The number of carbonyl (C=O) groups is 1. The average Bonchev–Trinajstić information content (AvgIpc) is 3.07. The topological polar surface area (TPSA) is 107 Å². The van der Waals surface area contributed by atoms with Crippen molar-refractivity contribution in [1.82, 2.24) is 4.98 Å². The molecule has 0 radical (unpaired) electrons. The van der Waals surface area contributed by atoms with Gasteiger partial charge in [0, 0.05) is 18.3 Å². The summed E-state index contributed by atoms with van der Waals surface area (Å²) in [7, 11) is 0. The van der Waals surface area contributed by atoms with Gasteiger partial charge in [0.1, 0.15) is 11.4 Å². The van der Waals surface area contributed by atoms with Crippen molar-refractivity contribution in [2.45, 2.75) is 13.0 Å². The molecule has 1 amide bonds. The zero-order valence-electron chi connectivity index (χ0n) is 16.3. The van der Waals surface area contributed by atoms with Gasteiger partial charge in [-0.05, 0) is 48.4 Å². The van der Waals surface area contributed by atoms with Gasteiger partial charge in [-0.25, -0.2) is 4.98 Å². The lowest BCUT2D eigenvalue weighted by atomic mass is 9.98. The smallest absolute Gasteiger partial charge is 0.296 e. The molecule has 1 aliphatic rings. The second kappa shape index (κ2) is 6.88.